The van der Waals surface area contributed by atoms with Crippen molar-refractivity contribution in [3.8, 4) is 5.75 Å². The number of aromatic hydroxyl groups is 1. The van der Waals surface area contributed by atoms with Crippen molar-refractivity contribution in [3.05, 3.63) is 33.7 Å². The van der Waals surface area contributed by atoms with Crippen molar-refractivity contribution >= 4 is 40.3 Å². The first-order valence-electron chi connectivity index (χ1n) is 8.56. The van der Waals surface area contributed by atoms with E-state index in [0.29, 0.717) is 15.0 Å². The zero-order valence-electron chi connectivity index (χ0n) is 16.8. The molecule has 1 aliphatic rings. The maximum Gasteiger partial charge on any atom is 0.280 e. The van der Waals surface area contributed by atoms with Gasteiger partial charge < -0.3 is 5.11 Å². The number of phenolic OH excluding ortho intramolecular Hbond substituents is 1. The number of thioether (sulfide) groups is 1. The first kappa shape index (κ1) is 20.9. The first-order valence-corrected chi connectivity index (χ1v) is 9.79. The fourth-order valence-corrected chi connectivity index (χ4v) is 4.24. The first-order chi connectivity index (χ1) is 11.7. The number of phenols is 1. The Morgan fingerprint density at radius 3 is 1.88 bits per heavy atom. The molecule has 26 heavy (non-hydrogen) atoms. The number of benzene rings is 1. The molecule has 0 aromatic heterocycles. The Labute approximate surface area is 166 Å². The van der Waals surface area contributed by atoms with Crippen LogP contribution in [0.5, 0.6) is 5.75 Å². The highest BCUT2D eigenvalue weighted by Crippen LogP contribution is 2.41. The molecule has 1 aromatic rings. The number of amides is 1. The van der Waals surface area contributed by atoms with Crippen LogP contribution < -0.4 is 0 Å². The van der Waals surface area contributed by atoms with Gasteiger partial charge in [-0.25, -0.2) is 10.0 Å². The maximum atomic E-state index is 12.7. The Balaban J connectivity index is 2.61. The molecule has 0 atom stereocenters. The standard InChI is InChI=1S/C20H28N2O2S2/c1-19(2,3)13-9-12(10-14(16(13)23)20(4,5)6)11-15-17(24)22(21(7)8)18(25)26-15/h9-11,23H,1-8H3. The van der Waals surface area contributed by atoms with Gasteiger partial charge in [0.15, 0.2) is 4.32 Å². The lowest BCUT2D eigenvalue weighted by Gasteiger charge is -2.28. The van der Waals surface area contributed by atoms with E-state index < -0.39 is 0 Å². The summed E-state index contributed by atoms with van der Waals surface area (Å²) in [5.41, 5.74) is 2.22. The van der Waals surface area contributed by atoms with Crippen molar-refractivity contribution in [3.63, 3.8) is 0 Å². The summed E-state index contributed by atoms with van der Waals surface area (Å²) in [4.78, 5) is 13.2. The number of nitrogens with zero attached hydrogens (tertiary/aromatic N) is 2. The third kappa shape index (κ3) is 4.13. The Morgan fingerprint density at radius 1 is 1.08 bits per heavy atom. The molecule has 0 saturated carbocycles. The molecule has 1 N–H and O–H groups in total. The highest BCUT2D eigenvalue weighted by atomic mass is 32.2. The third-order valence-electron chi connectivity index (χ3n) is 4.22. The van der Waals surface area contributed by atoms with Gasteiger partial charge in [0.25, 0.3) is 5.91 Å². The molecular weight excluding hydrogens is 364 g/mol. The smallest absolute Gasteiger partial charge is 0.280 e. The molecule has 1 aliphatic heterocycles. The zero-order valence-corrected chi connectivity index (χ0v) is 18.4. The molecule has 1 fully saturated rings. The summed E-state index contributed by atoms with van der Waals surface area (Å²) in [6, 6.07) is 3.93. The van der Waals surface area contributed by atoms with Crippen molar-refractivity contribution in [2.24, 2.45) is 0 Å². The van der Waals surface area contributed by atoms with E-state index in [0.717, 1.165) is 16.7 Å². The Kier molecular flexibility index (Phi) is 5.62. The zero-order chi connectivity index (χ0) is 20.0. The molecule has 1 saturated heterocycles. The third-order valence-corrected chi connectivity index (χ3v) is 5.50. The Morgan fingerprint density at radius 2 is 1.54 bits per heavy atom. The number of thiocarbonyl (C=S) groups is 1. The van der Waals surface area contributed by atoms with Gasteiger partial charge in [-0.15, -0.1) is 0 Å². The van der Waals surface area contributed by atoms with Gasteiger partial charge in [0.2, 0.25) is 0 Å². The quantitative estimate of drug-likeness (QED) is 0.585. The van der Waals surface area contributed by atoms with E-state index in [4.69, 9.17) is 12.2 Å². The number of carbonyl (C=O) groups excluding carboxylic acids is 1. The van der Waals surface area contributed by atoms with E-state index >= 15 is 0 Å². The molecule has 0 radical (unpaired) electrons. The minimum Gasteiger partial charge on any atom is -0.507 e. The Hall–Kier alpha value is -1.37. The summed E-state index contributed by atoms with van der Waals surface area (Å²) in [5, 5.41) is 14.0. The van der Waals surface area contributed by atoms with E-state index in [1.54, 1.807) is 19.1 Å². The van der Waals surface area contributed by atoms with Crippen LogP contribution in [0.3, 0.4) is 0 Å². The van der Waals surface area contributed by atoms with Crippen LogP contribution in [0.15, 0.2) is 17.0 Å². The summed E-state index contributed by atoms with van der Waals surface area (Å²) in [6.45, 7) is 12.4. The second-order valence-corrected chi connectivity index (χ2v) is 10.5. The van der Waals surface area contributed by atoms with E-state index in [-0.39, 0.29) is 16.7 Å². The van der Waals surface area contributed by atoms with Crippen LogP contribution in [0.2, 0.25) is 0 Å². The molecule has 4 nitrogen and oxygen atoms in total. The molecule has 0 unspecified atom stereocenters. The van der Waals surface area contributed by atoms with E-state index in [2.05, 4.69) is 41.5 Å². The topological polar surface area (TPSA) is 43.8 Å². The minimum atomic E-state index is -0.212. The number of carbonyl (C=O) groups is 1. The summed E-state index contributed by atoms with van der Waals surface area (Å²) in [5.74, 6) is 0.218. The van der Waals surface area contributed by atoms with Crippen LogP contribution in [-0.4, -0.2) is 39.4 Å². The van der Waals surface area contributed by atoms with Crippen molar-refractivity contribution in [2.75, 3.05) is 14.1 Å². The molecule has 6 heteroatoms. The van der Waals surface area contributed by atoms with E-state index in [9.17, 15) is 9.90 Å². The van der Waals surface area contributed by atoms with Crippen LogP contribution in [0.25, 0.3) is 6.08 Å². The van der Waals surface area contributed by atoms with Crippen molar-refractivity contribution in [1.29, 1.82) is 0 Å². The van der Waals surface area contributed by atoms with Gasteiger partial charge in [-0.2, -0.15) is 0 Å². The van der Waals surface area contributed by atoms with Crippen molar-refractivity contribution < 1.29 is 9.90 Å². The van der Waals surface area contributed by atoms with E-state index in [1.165, 1.54) is 16.8 Å². The fraction of sp³-hybridized carbons (Fsp3) is 0.500. The average molecular weight is 393 g/mol. The lowest BCUT2D eigenvalue weighted by molar-refractivity contribution is -0.130. The molecule has 1 heterocycles. The second-order valence-electron chi connectivity index (χ2n) is 8.81. The van der Waals surface area contributed by atoms with Gasteiger partial charge in [0, 0.05) is 25.2 Å². The summed E-state index contributed by atoms with van der Waals surface area (Å²) in [7, 11) is 3.59. The molecule has 0 bridgehead atoms. The lowest BCUT2D eigenvalue weighted by Crippen LogP contribution is -2.39. The van der Waals surface area contributed by atoms with Crippen molar-refractivity contribution in [2.45, 2.75) is 52.4 Å². The normalized spacial score (nSPS) is 17.7. The van der Waals surface area contributed by atoms with Gasteiger partial charge in [-0.1, -0.05) is 65.5 Å². The molecule has 1 aromatic carbocycles. The van der Waals surface area contributed by atoms with Crippen LogP contribution in [-0.2, 0) is 15.6 Å². The molecule has 2 rings (SSSR count). The number of hydrogen-bond acceptors (Lipinski definition) is 5. The summed E-state index contributed by atoms with van der Waals surface area (Å²) in [6.07, 6.45) is 1.87. The summed E-state index contributed by atoms with van der Waals surface area (Å²) >= 11 is 6.62. The minimum absolute atomic E-state index is 0.118. The molecule has 0 spiro atoms. The highest BCUT2D eigenvalue weighted by molar-refractivity contribution is 8.26. The highest BCUT2D eigenvalue weighted by Gasteiger charge is 2.34. The van der Waals surface area contributed by atoms with Gasteiger partial charge >= 0.3 is 0 Å². The predicted octanol–water partition coefficient (Wildman–Crippen LogP) is 4.67. The van der Waals surface area contributed by atoms with Crippen LogP contribution in [0.4, 0.5) is 0 Å². The lowest BCUT2D eigenvalue weighted by atomic mass is 9.78. The fourth-order valence-electron chi connectivity index (χ4n) is 2.84. The summed E-state index contributed by atoms with van der Waals surface area (Å²) < 4.78 is 0.525. The monoisotopic (exact) mass is 392 g/mol. The van der Waals surface area contributed by atoms with Gasteiger partial charge in [0.05, 0.1) is 4.91 Å². The Bertz CT molecular complexity index is 749. The van der Waals surface area contributed by atoms with Gasteiger partial charge in [-0.3, -0.25) is 4.79 Å². The SMILES string of the molecule is CN(C)N1C(=O)C(=Cc2cc(C(C)(C)C)c(O)c(C(C)(C)C)c2)SC1=S. The number of rotatable bonds is 2. The largest absolute Gasteiger partial charge is 0.507 e. The van der Waals surface area contributed by atoms with Crippen molar-refractivity contribution in [1.82, 2.24) is 10.0 Å². The molecule has 0 aliphatic carbocycles. The number of hydrazine groups is 1. The van der Waals surface area contributed by atoms with Gasteiger partial charge in [0.1, 0.15) is 5.75 Å². The van der Waals surface area contributed by atoms with E-state index in [1.807, 2.05) is 18.2 Å². The van der Waals surface area contributed by atoms with Crippen LogP contribution >= 0.6 is 24.0 Å². The van der Waals surface area contributed by atoms with Crippen LogP contribution in [0.1, 0.15) is 58.2 Å². The average Bonchev–Trinajstić information content (AvgIpc) is 2.72. The molecule has 142 valence electrons. The predicted molar refractivity (Wildman–Crippen MR) is 114 cm³/mol. The number of hydrogen-bond donors (Lipinski definition) is 1. The van der Waals surface area contributed by atoms with Crippen LogP contribution in [0, 0.1) is 0 Å². The van der Waals surface area contributed by atoms with Gasteiger partial charge in [-0.05, 0) is 34.6 Å². The molecule has 1 amide bonds. The molecular formula is C20H28N2O2S2. The maximum absolute atomic E-state index is 12.7. The second kappa shape index (κ2) is 6.98.